The molecule has 0 unspecified atom stereocenters. The Hall–Kier alpha value is -1.52. The van der Waals surface area contributed by atoms with E-state index in [4.69, 9.17) is 21.4 Å². The van der Waals surface area contributed by atoms with Crippen molar-refractivity contribution >= 4 is 11.6 Å². The van der Waals surface area contributed by atoms with E-state index in [0.717, 1.165) is 23.5 Å². The van der Waals surface area contributed by atoms with Gasteiger partial charge in [-0.25, -0.2) is 4.98 Å². The zero-order valence-corrected chi connectivity index (χ0v) is 10.9. The van der Waals surface area contributed by atoms with Gasteiger partial charge in [0.05, 0.1) is 24.0 Å². The summed E-state index contributed by atoms with van der Waals surface area (Å²) < 4.78 is 5.11. The number of imidazole rings is 1. The topological polar surface area (TPSA) is 58.1 Å². The molecule has 0 aliphatic heterocycles. The number of rotatable bonds is 5. The number of aliphatic hydroxyl groups excluding tert-OH is 1. The molecule has 96 valence electrons. The second-order valence-corrected chi connectivity index (χ2v) is 4.33. The summed E-state index contributed by atoms with van der Waals surface area (Å²) in [6.07, 6.45) is 3.21. The minimum absolute atomic E-state index is 0.171. The molecule has 0 radical (unpaired) electrons. The molecule has 2 rings (SSSR count). The van der Waals surface area contributed by atoms with E-state index in [1.165, 1.54) is 0 Å². The molecule has 18 heavy (non-hydrogen) atoms. The van der Waals surface area contributed by atoms with Crippen molar-refractivity contribution in [1.82, 2.24) is 9.97 Å². The van der Waals surface area contributed by atoms with Gasteiger partial charge in [0.1, 0.15) is 11.6 Å². The Balaban J connectivity index is 2.20. The van der Waals surface area contributed by atoms with Crippen LogP contribution < -0.4 is 4.74 Å². The van der Waals surface area contributed by atoms with Crippen molar-refractivity contribution in [1.29, 1.82) is 0 Å². The summed E-state index contributed by atoms with van der Waals surface area (Å²) in [4.78, 5) is 7.47. The highest BCUT2D eigenvalue weighted by atomic mass is 35.5. The fourth-order valence-electron chi connectivity index (χ4n) is 1.72. The van der Waals surface area contributed by atoms with Crippen molar-refractivity contribution < 1.29 is 9.84 Å². The molecule has 0 spiro atoms. The number of aromatic nitrogens is 2. The molecule has 2 N–H and O–H groups in total. The number of hydrogen-bond acceptors (Lipinski definition) is 3. The third-order valence-electron chi connectivity index (χ3n) is 2.66. The number of aliphatic hydroxyl groups is 1. The number of aryl methyl sites for hydroxylation is 1. The summed E-state index contributed by atoms with van der Waals surface area (Å²) >= 11 is 6.08. The molecule has 0 aliphatic carbocycles. The van der Waals surface area contributed by atoms with E-state index in [2.05, 4.69) is 9.97 Å². The van der Waals surface area contributed by atoms with Crippen LogP contribution in [0, 0.1) is 0 Å². The molecule has 0 amide bonds. The highest BCUT2D eigenvalue weighted by Crippen LogP contribution is 2.29. The Morgan fingerprint density at radius 1 is 1.44 bits per heavy atom. The van der Waals surface area contributed by atoms with Crippen LogP contribution in [0.1, 0.15) is 12.2 Å². The van der Waals surface area contributed by atoms with E-state index in [-0.39, 0.29) is 6.61 Å². The first-order valence-electron chi connectivity index (χ1n) is 5.73. The average molecular weight is 267 g/mol. The van der Waals surface area contributed by atoms with Crippen molar-refractivity contribution in [3.05, 3.63) is 35.2 Å². The molecular formula is C13H15ClN2O2. The Bertz CT molecular complexity index is 525. The smallest absolute Gasteiger partial charge is 0.137 e. The minimum Gasteiger partial charge on any atom is -0.495 e. The molecule has 0 saturated carbocycles. The van der Waals surface area contributed by atoms with Gasteiger partial charge in [-0.3, -0.25) is 0 Å². The van der Waals surface area contributed by atoms with Crippen LogP contribution in [0.15, 0.2) is 24.4 Å². The van der Waals surface area contributed by atoms with Gasteiger partial charge < -0.3 is 14.8 Å². The molecule has 4 nitrogen and oxygen atoms in total. The highest BCUT2D eigenvalue weighted by molar-refractivity contribution is 6.32. The first-order valence-corrected chi connectivity index (χ1v) is 6.11. The van der Waals surface area contributed by atoms with Crippen LogP contribution in [0.5, 0.6) is 5.75 Å². The van der Waals surface area contributed by atoms with Gasteiger partial charge >= 0.3 is 0 Å². The summed E-state index contributed by atoms with van der Waals surface area (Å²) in [5.41, 5.74) is 1.87. The Morgan fingerprint density at radius 2 is 2.28 bits per heavy atom. The molecule has 0 saturated heterocycles. The van der Waals surface area contributed by atoms with E-state index in [1.54, 1.807) is 13.3 Å². The lowest BCUT2D eigenvalue weighted by Crippen LogP contribution is -1.91. The lowest BCUT2D eigenvalue weighted by atomic mass is 10.1. The van der Waals surface area contributed by atoms with Gasteiger partial charge in [-0.1, -0.05) is 11.6 Å². The maximum Gasteiger partial charge on any atom is 0.137 e. The summed E-state index contributed by atoms with van der Waals surface area (Å²) in [6.45, 7) is 0.171. The molecule has 5 heteroatoms. The summed E-state index contributed by atoms with van der Waals surface area (Å²) in [7, 11) is 1.59. The first-order chi connectivity index (χ1) is 8.74. The largest absolute Gasteiger partial charge is 0.495 e. The number of H-pyrrole nitrogens is 1. The summed E-state index contributed by atoms with van der Waals surface area (Å²) in [6, 6.07) is 5.59. The van der Waals surface area contributed by atoms with Gasteiger partial charge in [-0.15, -0.1) is 0 Å². The number of aromatic amines is 1. The quantitative estimate of drug-likeness (QED) is 0.875. The Morgan fingerprint density at radius 3 is 2.94 bits per heavy atom. The average Bonchev–Trinajstić information content (AvgIpc) is 2.85. The fraction of sp³-hybridized carbons (Fsp3) is 0.308. The van der Waals surface area contributed by atoms with E-state index in [0.29, 0.717) is 17.2 Å². The van der Waals surface area contributed by atoms with Gasteiger partial charge in [0.15, 0.2) is 0 Å². The van der Waals surface area contributed by atoms with Crippen LogP contribution in [-0.2, 0) is 6.42 Å². The standard InChI is InChI=1S/C13H15ClN2O2/c1-18-12-5-4-9(7-10(12)14)11-8-15-13(16-11)3-2-6-17/h4-5,7-8,17H,2-3,6H2,1H3,(H,15,16). The van der Waals surface area contributed by atoms with Gasteiger partial charge in [0.2, 0.25) is 0 Å². The molecular weight excluding hydrogens is 252 g/mol. The summed E-state index contributed by atoms with van der Waals surface area (Å²) in [5, 5.41) is 9.34. The van der Waals surface area contributed by atoms with E-state index < -0.39 is 0 Å². The normalized spacial score (nSPS) is 10.6. The Labute approximate surface area is 111 Å². The van der Waals surface area contributed by atoms with E-state index in [9.17, 15) is 0 Å². The number of ether oxygens (including phenoxy) is 1. The van der Waals surface area contributed by atoms with Crippen LogP contribution in [-0.4, -0.2) is 28.8 Å². The SMILES string of the molecule is COc1ccc(-c2cnc(CCCO)[nH]2)cc1Cl. The van der Waals surface area contributed by atoms with E-state index >= 15 is 0 Å². The van der Waals surface area contributed by atoms with Crippen LogP contribution in [0.2, 0.25) is 5.02 Å². The molecule has 0 bridgehead atoms. The van der Waals surface area contributed by atoms with Gasteiger partial charge in [0, 0.05) is 18.6 Å². The predicted molar refractivity (Wildman–Crippen MR) is 71.0 cm³/mol. The van der Waals surface area contributed by atoms with Crippen LogP contribution >= 0.6 is 11.6 Å². The minimum atomic E-state index is 0.171. The van der Waals surface area contributed by atoms with Crippen molar-refractivity contribution in [2.75, 3.05) is 13.7 Å². The van der Waals surface area contributed by atoms with Gasteiger partial charge in [0.25, 0.3) is 0 Å². The Kier molecular flexibility index (Phi) is 4.23. The second kappa shape index (κ2) is 5.89. The second-order valence-electron chi connectivity index (χ2n) is 3.92. The highest BCUT2D eigenvalue weighted by Gasteiger charge is 2.06. The molecule has 0 aliphatic rings. The maximum atomic E-state index is 8.77. The van der Waals surface area contributed by atoms with Crippen molar-refractivity contribution in [3.8, 4) is 17.0 Å². The molecule has 1 heterocycles. The van der Waals surface area contributed by atoms with Crippen LogP contribution in [0.4, 0.5) is 0 Å². The number of benzene rings is 1. The number of nitrogens with zero attached hydrogens (tertiary/aromatic N) is 1. The predicted octanol–water partition coefficient (Wildman–Crippen LogP) is 2.66. The number of hydrogen-bond donors (Lipinski definition) is 2. The summed E-state index contributed by atoms with van der Waals surface area (Å²) in [5.74, 6) is 1.52. The third kappa shape index (κ3) is 2.83. The molecule has 1 aromatic carbocycles. The lowest BCUT2D eigenvalue weighted by molar-refractivity contribution is 0.287. The third-order valence-corrected chi connectivity index (χ3v) is 2.96. The fourth-order valence-corrected chi connectivity index (χ4v) is 1.97. The maximum absolute atomic E-state index is 8.77. The van der Waals surface area contributed by atoms with Crippen LogP contribution in [0.3, 0.4) is 0 Å². The van der Waals surface area contributed by atoms with Crippen LogP contribution in [0.25, 0.3) is 11.3 Å². The number of halogens is 1. The zero-order valence-electron chi connectivity index (χ0n) is 10.1. The van der Waals surface area contributed by atoms with E-state index in [1.807, 2.05) is 18.2 Å². The van der Waals surface area contributed by atoms with Gasteiger partial charge in [-0.2, -0.15) is 0 Å². The van der Waals surface area contributed by atoms with Crippen molar-refractivity contribution in [3.63, 3.8) is 0 Å². The molecule has 2 aromatic rings. The number of nitrogens with one attached hydrogen (secondary N) is 1. The zero-order chi connectivity index (χ0) is 13.0. The first kappa shape index (κ1) is 12.9. The lowest BCUT2D eigenvalue weighted by Gasteiger charge is -2.04. The van der Waals surface area contributed by atoms with Gasteiger partial charge in [-0.05, 0) is 24.6 Å². The van der Waals surface area contributed by atoms with Crippen molar-refractivity contribution in [2.45, 2.75) is 12.8 Å². The number of methoxy groups -OCH3 is 1. The monoisotopic (exact) mass is 266 g/mol. The molecule has 1 aromatic heterocycles. The molecule has 0 atom stereocenters. The molecule has 0 fully saturated rings. The van der Waals surface area contributed by atoms with Crippen molar-refractivity contribution in [2.24, 2.45) is 0 Å².